The van der Waals surface area contributed by atoms with Crippen molar-refractivity contribution < 1.29 is 19.1 Å². The third kappa shape index (κ3) is 7.15. The van der Waals surface area contributed by atoms with E-state index in [4.69, 9.17) is 4.74 Å². The number of carbonyl (C=O) groups is 3. The summed E-state index contributed by atoms with van der Waals surface area (Å²) in [6, 6.07) is 37.6. The van der Waals surface area contributed by atoms with E-state index in [2.05, 4.69) is 10.6 Å². The number of esters is 1. The molecular weight excluding hydrogens is 464 g/mol. The second-order valence-corrected chi connectivity index (χ2v) is 8.44. The van der Waals surface area contributed by atoms with Gasteiger partial charge in [-0.15, -0.1) is 0 Å². The summed E-state index contributed by atoms with van der Waals surface area (Å²) in [6.45, 7) is -0.575. The third-order valence-corrected chi connectivity index (χ3v) is 5.84. The molecule has 2 N–H and O–H groups in total. The molecule has 0 saturated carbocycles. The highest BCUT2D eigenvalue weighted by Crippen LogP contribution is 2.26. The van der Waals surface area contributed by atoms with E-state index in [0.717, 1.165) is 22.3 Å². The van der Waals surface area contributed by atoms with Gasteiger partial charge < -0.3 is 15.4 Å². The van der Waals surface area contributed by atoms with E-state index in [1.807, 2.05) is 121 Å². The van der Waals surface area contributed by atoms with Gasteiger partial charge in [-0.25, -0.2) is 0 Å². The standard InChI is InChI=1S/C31H28N2O4/c34-27(21-33-31(36)29(23-13-5-1-6-14-23)24-15-7-2-8-16-24)32-22-28(35)37-30(25-17-9-3-10-18-25)26-19-11-4-12-20-26/h1-20,29-30H,21-22H2,(H,32,34)(H,33,36). The van der Waals surface area contributed by atoms with E-state index < -0.39 is 23.9 Å². The molecule has 0 radical (unpaired) electrons. The molecular formula is C31H28N2O4. The van der Waals surface area contributed by atoms with E-state index in [-0.39, 0.29) is 19.0 Å². The maximum absolute atomic E-state index is 13.1. The molecule has 4 aromatic rings. The number of hydrogen-bond donors (Lipinski definition) is 2. The Bertz CT molecular complexity index is 1220. The highest BCUT2D eigenvalue weighted by Gasteiger charge is 2.23. The summed E-state index contributed by atoms with van der Waals surface area (Å²) in [7, 11) is 0. The average Bonchev–Trinajstić information content (AvgIpc) is 2.96. The first-order chi connectivity index (χ1) is 18.1. The second kappa shape index (κ2) is 12.8. The topological polar surface area (TPSA) is 84.5 Å². The van der Waals surface area contributed by atoms with Gasteiger partial charge in [0.2, 0.25) is 11.8 Å². The Morgan fingerprint density at radius 3 is 1.38 bits per heavy atom. The van der Waals surface area contributed by atoms with Crippen LogP contribution in [0, 0.1) is 0 Å². The van der Waals surface area contributed by atoms with Gasteiger partial charge in [0.05, 0.1) is 12.5 Å². The Balaban J connectivity index is 1.33. The highest BCUT2D eigenvalue weighted by atomic mass is 16.5. The van der Waals surface area contributed by atoms with Crippen molar-refractivity contribution in [2.45, 2.75) is 12.0 Å². The van der Waals surface area contributed by atoms with Crippen LogP contribution in [0.2, 0.25) is 0 Å². The van der Waals surface area contributed by atoms with Crippen LogP contribution in [0.4, 0.5) is 0 Å². The predicted molar refractivity (Wildman–Crippen MR) is 142 cm³/mol. The fourth-order valence-electron chi connectivity index (χ4n) is 4.05. The zero-order valence-electron chi connectivity index (χ0n) is 20.2. The molecule has 0 aliphatic rings. The number of ether oxygens (including phenoxy) is 1. The smallest absolute Gasteiger partial charge is 0.326 e. The van der Waals surface area contributed by atoms with Gasteiger partial charge in [0.15, 0.2) is 6.10 Å². The Morgan fingerprint density at radius 2 is 0.946 bits per heavy atom. The van der Waals surface area contributed by atoms with Crippen LogP contribution in [0.5, 0.6) is 0 Å². The minimum absolute atomic E-state index is 0.261. The molecule has 0 spiro atoms. The summed E-state index contributed by atoms with van der Waals surface area (Å²) in [5.41, 5.74) is 3.30. The van der Waals surface area contributed by atoms with Crippen molar-refractivity contribution in [1.29, 1.82) is 0 Å². The molecule has 4 aromatic carbocycles. The molecule has 37 heavy (non-hydrogen) atoms. The molecule has 0 unspecified atom stereocenters. The van der Waals surface area contributed by atoms with E-state index in [1.54, 1.807) is 0 Å². The molecule has 0 bridgehead atoms. The van der Waals surface area contributed by atoms with Crippen LogP contribution in [0.1, 0.15) is 34.3 Å². The van der Waals surface area contributed by atoms with E-state index in [0.29, 0.717) is 0 Å². The monoisotopic (exact) mass is 492 g/mol. The van der Waals surface area contributed by atoms with E-state index in [1.165, 1.54) is 0 Å². The molecule has 6 heteroatoms. The van der Waals surface area contributed by atoms with Gasteiger partial charge in [0.1, 0.15) is 6.54 Å². The summed E-state index contributed by atoms with van der Waals surface area (Å²) in [5.74, 6) is -1.93. The number of amides is 2. The lowest BCUT2D eigenvalue weighted by Gasteiger charge is -2.19. The summed E-state index contributed by atoms with van der Waals surface area (Å²) in [4.78, 5) is 38.1. The minimum atomic E-state index is -0.594. The fraction of sp³-hybridized carbons (Fsp3) is 0.129. The Kier molecular flexibility index (Phi) is 8.81. The zero-order valence-corrected chi connectivity index (χ0v) is 20.2. The molecule has 0 atom stereocenters. The number of carbonyl (C=O) groups excluding carboxylic acids is 3. The first-order valence-electron chi connectivity index (χ1n) is 12.1. The highest BCUT2D eigenvalue weighted by molar-refractivity contribution is 5.91. The quantitative estimate of drug-likeness (QED) is 0.322. The zero-order chi connectivity index (χ0) is 25.9. The number of hydrogen-bond acceptors (Lipinski definition) is 4. The molecule has 186 valence electrons. The SMILES string of the molecule is O=C(CNC(=O)C(c1ccccc1)c1ccccc1)NCC(=O)OC(c1ccccc1)c1ccccc1. The Hall–Kier alpha value is -4.71. The Labute approximate surface area is 216 Å². The van der Waals surface area contributed by atoms with Gasteiger partial charge in [-0.2, -0.15) is 0 Å². The third-order valence-electron chi connectivity index (χ3n) is 5.84. The maximum atomic E-state index is 13.1. The lowest BCUT2D eigenvalue weighted by molar-refractivity contribution is -0.147. The number of benzene rings is 4. The van der Waals surface area contributed by atoms with Gasteiger partial charge in [0.25, 0.3) is 0 Å². The predicted octanol–water partition coefficient (Wildman–Crippen LogP) is 4.38. The number of rotatable bonds is 10. The van der Waals surface area contributed by atoms with E-state index >= 15 is 0 Å². The lowest BCUT2D eigenvalue weighted by Crippen LogP contribution is -2.41. The molecule has 6 nitrogen and oxygen atoms in total. The van der Waals surface area contributed by atoms with Crippen molar-refractivity contribution >= 4 is 17.8 Å². The molecule has 4 rings (SSSR count). The van der Waals surface area contributed by atoms with Crippen molar-refractivity contribution in [2.24, 2.45) is 0 Å². The van der Waals surface area contributed by atoms with Crippen LogP contribution in [0.15, 0.2) is 121 Å². The minimum Gasteiger partial charge on any atom is -0.451 e. The number of nitrogens with one attached hydrogen (secondary N) is 2. The lowest BCUT2D eigenvalue weighted by atomic mass is 9.90. The van der Waals surface area contributed by atoms with Gasteiger partial charge in [-0.05, 0) is 22.3 Å². The molecule has 0 heterocycles. The average molecular weight is 493 g/mol. The largest absolute Gasteiger partial charge is 0.451 e. The van der Waals surface area contributed by atoms with Gasteiger partial charge >= 0.3 is 5.97 Å². The first-order valence-corrected chi connectivity index (χ1v) is 12.1. The maximum Gasteiger partial charge on any atom is 0.326 e. The van der Waals surface area contributed by atoms with Crippen LogP contribution in [-0.2, 0) is 19.1 Å². The molecule has 2 amide bonds. The van der Waals surface area contributed by atoms with Crippen molar-refractivity contribution in [1.82, 2.24) is 10.6 Å². The second-order valence-electron chi connectivity index (χ2n) is 8.44. The van der Waals surface area contributed by atoms with Crippen molar-refractivity contribution in [3.05, 3.63) is 144 Å². The van der Waals surface area contributed by atoms with Crippen LogP contribution in [0.3, 0.4) is 0 Å². The van der Waals surface area contributed by atoms with Crippen molar-refractivity contribution in [3.8, 4) is 0 Å². The first kappa shape index (κ1) is 25.4. The van der Waals surface area contributed by atoms with Crippen LogP contribution in [-0.4, -0.2) is 30.9 Å². The summed E-state index contributed by atoms with van der Waals surface area (Å²) < 4.78 is 5.71. The van der Waals surface area contributed by atoms with Crippen LogP contribution < -0.4 is 10.6 Å². The Morgan fingerprint density at radius 1 is 0.541 bits per heavy atom. The summed E-state index contributed by atoms with van der Waals surface area (Å²) in [5, 5.41) is 5.23. The molecule has 0 aliphatic heterocycles. The fourth-order valence-corrected chi connectivity index (χ4v) is 4.05. The summed E-state index contributed by atoms with van der Waals surface area (Å²) >= 11 is 0. The van der Waals surface area contributed by atoms with Crippen LogP contribution >= 0.6 is 0 Å². The van der Waals surface area contributed by atoms with Gasteiger partial charge in [-0.1, -0.05) is 121 Å². The molecule has 0 aliphatic carbocycles. The van der Waals surface area contributed by atoms with E-state index in [9.17, 15) is 14.4 Å². The molecule has 0 saturated heterocycles. The molecule has 0 aromatic heterocycles. The van der Waals surface area contributed by atoms with Crippen LogP contribution in [0.25, 0.3) is 0 Å². The van der Waals surface area contributed by atoms with Crippen molar-refractivity contribution in [2.75, 3.05) is 13.1 Å². The van der Waals surface area contributed by atoms with Crippen molar-refractivity contribution in [3.63, 3.8) is 0 Å². The molecule has 0 fully saturated rings. The van der Waals surface area contributed by atoms with Gasteiger partial charge in [0, 0.05) is 0 Å². The van der Waals surface area contributed by atoms with Gasteiger partial charge in [-0.3, -0.25) is 14.4 Å². The normalized spacial score (nSPS) is 10.6. The summed E-state index contributed by atoms with van der Waals surface area (Å²) in [6.07, 6.45) is -0.594.